The lowest BCUT2D eigenvalue weighted by Gasteiger charge is -2.04. The van der Waals surface area contributed by atoms with Gasteiger partial charge in [0.1, 0.15) is 5.82 Å². The summed E-state index contributed by atoms with van der Waals surface area (Å²) in [6.45, 7) is 2.45. The predicted octanol–water partition coefficient (Wildman–Crippen LogP) is 2.05. The van der Waals surface area contributed by atoms with E-state index in [9.17, 15) is 9.18 Å². The average molecular weight is 261 g/mol. The van der Waals surface area contributed by atoms with Crippen molar-refractivity contribution in [3.05, 3.63) is 53.1 Å². The van der Waals surface area contributed by atoms with Crippen molar-refractivity contribution in [3.63, 3.8) is 0 Å². The standard InChI is InChI=1S/C14H16FN3O/c1-3-13-11(9-18(2)17-13)8-16-14(19)10-4-6-12(15)7-5-10/h4-7,9H,3,8H2,1-2H3,(H,16,19). The molecule has 0 aliphatic heterocycles. The van der Waals surface area contributed by atoms with E-state index >= 15 is 0 Å². The van der Waals surface area contributed by atoms with Gasteiger partial charge in [-0.05, 0) is 30.7 Å². The highest BCUT2D eigenvalue weighted by atomic mass is 19.1. The fourth-order valence-electron chi connectivity index (χ4n) is 1.91. The summed E-state index contributed by atoms with van der Waals surface area (Å²) in [5.41, 5.74) is 2.42. The first-order chi connectivity index (χ1) is 9.10. The molecule has 0 unspecified atom stereocenters. The molecule has 100 valence electrons. The molecule has 1 aromatic carbocycles. The van der Waals surface area contributed by atoms with Crippen molar-refractivity contribution in [1.82, 2.24) is 15.1 Å². The Morgan fingerprint density at radius 2 is 2.05 bits per heavy atom. The first kappa shape index (κ1) is 13.3. The zero-order valence-corrected chi connectivity index (χ0v) is 11.0. The van der Waals surface area contributed by atoms with E-state index in [0.29, 0.717) is 12.1 Å². The molecule has 2 aromatic rings. The minimum absolute atomic E-state index is 0.217. The molecule has 0 bridgehead atoms. The van der Waals surface area contributed by atoms with Crippen LogP contribution in [0.25, 0.3) is 0 Å². The Labute approximate surface area is 111 Å². The number of hydrogen-bond acceptors (Lipinski definition) is 2. The minimum atomic E-state index is -0.350. The second-order valence-corrected chi connectivity index (χ2v) is 4.32. The monoisotopic (exact) mass is 261 g/mol. The third-order valence-electron chi connectivity index (χ3n) is 2.87. The number of carbonyl (C=O) groups is 1. The number of aryl methyl sites for hydroxylation is 2. The zero-order valence-electron chi connectivity index (χ0n) is 11.0. The number of aromatic nitrogens is 2. The molecule has 1 amide bonds. The number of rotatable bonds is 4. The van der Waals surface area contributed by atoms with E-state index in [-0.39, 0.29) is 11.7 Å². The van der Waals surface area contributed by atoms with Crippen LogP contribution >= 0.6 is 0 Å². The van der Waals surface area contributed by atoms with Gasteiger partial charge in [0.25, 0.3) is 5.91 Å². The summed E-state index contributed by atoms with van der Waals surface area (Å²) in [6.07, 6.45) is 2.71. The van der Waals surface area contributed by atoms with Crippen LogP contribution in [-0.2, 0) is 20.0 Å². The van der Waals surface area contributed by atoms with Crippen molar-refractivity contribution in [1.29, 1.82) is 0 Å². The van der Waals surface area contributed by atoms with E-state index in [1.165, 1.54) is 24.3 Å². The SMILES string of the molecule is CCc1nn(C)cc1CNC(=O)c1ccc(F)cc1. The summed E-state index contributed by atoms with van der Waals surface area (Å²) in [5.74, 6) is -0.567. The topological polar surface area (TPSA) is 46.9 Å². The lowest BCUT2D eigenvalue weighted by Crippen LogP contribution is -2.23. The normalized spacial score (nSPS) is 10.5. The molecule has 2 rings (SSSR count). The molecule has 0 fully saturated rings. The largest absolute Gasteiger partial charge is 0.348 e. The zero-order chi connectivity index (χ0) is 13.8. The van der Waals surface area contributed by atoms with Gasteiger partial charge in [0.15, 0.2) is 0 Å². The highest BCUT2D eigenvalue weighted by molar-refractivity contribution is 5.94. The highest BCUT2D eigenvalue weighted by Gasteiger charge is 2.09. The van der Waals surface area contributed by atoms with Crippen LogP contribution < -0.4 is 5.32 Å². The van der Waals surface area contributed by atoms with Crippen molar-refractivity contribution >= 4 is 5.91 Å². The third kappa shape index (κ3) is 3.19. The van der Waals surface area contributed by atoms with Gasteiger partial charge in [0.2, 0.25) is 0 Å². The van der Waals surface area contributed by atoms with Crippen LogP contribution in [0, 0.1) is 5.82 Å². The molecule has 0 spiro atoms. The lowest BCUT2D eigenvalue weighted by atomic mass is 10.2. The molecule has 5 heteroatoms. The fourth-order valence-corrected chi connectivity index (χ4v) is 1.91. The number of benzene rings is 1. The summed E-state index contributed by atoms with van der Waals surface area (Å²) in [7, 11) is 1.85. The molecule has 4 nitrogen and oxygen atoms in total. The smallest absolute Gasteiger partial charge is 0.251 e. The van der Waals surface area contributed by atoms with Gasteiger partial charge < -0.3 is 5.32 Å². The number of hydrogen-bond donors (Lipinski definition) is 1. The van der Waals surface area contributed by atoms with Crippen molar-refractivity contribution in [3.8, 4) is 0 Å². The lowest BCUT2D eigenvalue weighted by molar-refractivity contribution is 0.0951. The first-order valence-electron chi connectivity index (χ1n) is 6.15. The Morgan fingerprint density at radius 3 is 2.68 bits per heavy atom. The Hall–Kier alpha value is -2.17. The van der Waals surface area contributed by atoms with E-state index < -0.39 is 0 Å². The molecule has 0 saturated heterocycles. The maximum atomic E-state index is 12.8. The molecule has 0 aliphatic carbocycles. The average Bonchev–Trinajstić information content (AvgIpc) is 2.77. The highest BCUT2D eigenvalue weighted by Crippen LogP contribution is 2.08. The Morgan fingerprint density at radius 1 is 1.37 bits per heavy atom. The van der Waals surface area contributed by atoms with Crippen molar-refractivity contribution in [2.75, 3.05) is 0 Å². The Kier molecular flexibility index (Phi) is 3.94. The summed E-state index contributed by atoms with van der Waals surface area (Å²) in [5, 5.41) is 7.12. The Balaban J connectivity index is 2.02. The van der Waals surface area contributed by atoms with E-state index in [1.807, 2.05) is 20.2 Å². The number of halogens is 1. The summed E-state index contributed by atoms with van der Waals surface area (Å²) in [6, 6.07) is 5.48. The second-order valence-electron chi connectivity index (χ2n) is 4.32. The van der Waals surface area contributed by atoms with Crippen molar-refractivity contribution in [2.45, 2.75) is 19.9 Å². The summed E-state index contributed by atoms with van der Waals surface area (Å²) >= 11 is 0. The predicted molar refractivity (Wildman–Crippen MR) is 70.2 cm³/mol. The van der Waals surface area contributed by atoms with Gasteiger partial charge in [-0.25, -0.2) is 4.39 Å². The fraction of sp³-hybridized carbons (Fsp3) is 0.286. The molecular formula is C14H16FN3O. The van der Waals surface area contributed by atoms with Gasteiger partial charge in [-0.2, -0.15) is 5.10 Å². The van der Waals surface area contributed by atoms with Crippen molar-refractivity contribution < 1.29 is 9.18 Å². The van der Waals surface area contributed by atoms with E-state index in [0.717, 1.165) is 17.7 Å². The van der Waals surface area contributed by atoms with Crippen LogP contribution in [0.3, 0.4) is 0 Å². The minimum Gasteiger partial charge on any atom is -0.348 e. The maximum Gasteiger partial charge on any atom is 0.251 e. The van der Waals surface area contributed by atoms with Gasteiger partial charge in [0.05, 0.1) is 5.69 Å². The van der Waals surface area contributed by atoms with Crippen LogP contribution in [0.5, 0.6) is 0 Å². The number of nitrogens with one attached hydrogen (secondary N) is 1. The summed E-state index contributed by atoms with van der Waals surface area (Å²) < 4.78 is 14.5. The molecule has 1 heterocycles. The maximum absolute atomic E-state index is 12.8. The van der Waals surface area contributed by atoms with Gasteiger partial charge in [-0.1, -0.05) is 6.92 Å². The van der Waals surface area contributed by atoms with Crippen LogP contribution in [0.15, 0.2) is 30.5 Å². The van der Waals surface area contributed by atoms with E-state index in [1.54, 1.807) is 4.68 Å². The molecular weight excluding hydrogens is 245 g/mol. The quantitative estimate of drug-likeness (QED) is 0.915. The Bertz CT molecular complexity index is 575. The summed E-state index contributed by atoms with van der Waals surface area (Å²) in [4.78, 5) is 11.9. The molecule has 0 atom stereocenters. The molecule has 19 heavy (non-hydrogen) atoms. The van der Waals surface area contributed by atoms with E-state index in [2.05, 4.69) is 10.4 Å². The number of amides is 1. The van der Waals surface area contributed by atoms with Crippen LogP contribution in [0.4, 0.5) is 4.39 Å². The van der Waals surface area contributed by atoms with E-state index in [4.69, 9.17) is 0 Å². The first-order valence-corrected chi connectivity index (χ1v) is 6.15. The molecule has 0 radical (unpaired) electrons. The number of nitrogens with zero attached hydrogens (tertiary/aromatic N) is 2. The van der Waals surface area contributed by atoms with Gasteiger partial charge in [-0.3, -0.25) is 9.48 Å². The second kappa shape index (κ2) is 5.65. The van der Waals surface area contributed by atoms with Crippen LogP contribution in [-0.4, -0.2) is 15.7 Å². The molecule has 0 saturated carbocycles. The third-order valence-corrected chi connectivity index (χ3v) is 2.87. The van der Waals surface area contributed by atoms with Crippen LogP contribution in [0.2, 0.25) is 0 Å². The van der Waals surface area contributed by atoms with Crippen LogP contribution in [0.1, 0.15) is 28.5 Å². The van der Waals surface area contributed by atoms with Gasteiger partial charge in [0, 0.05) is 30.9 Å². The van der Waals surface area contributed by atoms with Crippen molar-refractivity contribution in [2.24, 2.45) is 7.05 Å². The molecule has 1 aromatic heterocycles. The van der Waals surface area contributed by atoms with Gasteiger partial charge in [-0.15, -0.1) is 0 Å². The van der Waals surface area contributed by atoms with Gasteiger partial charge >= 0.3 is 0 Å². The number of carbonyl (C=O) groups excluding carboxylic acids is 1. The molecule has 1 N–H and O–H groups in total. The molecule has 0 aliphatic rings.